The van der Waals surface area contributed by atoms with Crippen LogP contribution in [0.1, 0.15) is 11.1 Å². The summed E-state index contributed by atoms with van der Waals surface area (Å²) < 4.78 is 31.7. The molecule has 2 aromatic rings. The van der Waals surface area contributed by atoms with E-state index >= 15 is 0 Å². The van der Waals surface area contributed by atoms with Gasteiger partial charge in [0.1, 0.15) is 11.6 Å². The van der Waals surface area contributed by atoms with Crippen LogP contribution < -0.4 is 0 Å². The Morgan fingerprint density at radius 3 is 2.62 bits per heavy atom. The Morgan fingerprint density at radius 2 is 1.86 bits per heavy atom. The average molecular weight is 285 g/mol. The number of nitrogens with zero attached hydrogens (tertiary/aromatic N) is 1. The summed E-state index contributed by atoms with van der Waals surface area (Å²) in [5.74, 6) is -1.75. The van der Waals surface area contributed by atoms with Gasteiger partial charge in [0.25, 0.3) is 0 Å². The van der Waals surface area contributed by atoms with Gasteiger partial charge in [-0.15, -0.1) is 0 Å². The molecule has 0 unspecified atom stereocenters. The predicted molar refractivity (Wildman–Crippen MR) is 73.4 cm³/mol. The van der Waals surface area contributed by atoms with E-state index in [1.807, 2.05) is 0 Å². The molecule has 1 aliphatic heterocycles. The van der Waals surface area contributed by atoms with Gasteiger partial charge in [-0.3, -0.25) is 0 Å². The molecule has 0 amide bonds. The number of rotatable bonds is 2. The molecule has 1 heterocycles. The van der Waals surface area contributed by atoms with E-state index in [2.05, 4.69) is 4.99 Å². The monoisotopic (exact) mass is 285 g/mol. The smallest absolute Gasteiger partial charge is 0.363 e. The van der Waals surface area contributed by atoms with Crippen LogP contribution in [0.2, 0.25) is 0 Å². The molecule has 21 heavy (non-hydrogen) atoms. The summed E-state index contributed by atoms with van der Waals surface area (Å²) in [6, 6.07) is 11.6. The van der Waals surface area contributed by atoms with Crippen LogP contribution in [0.15, 0.2) is 59.2 Å². The van der Waals surface area contributed by atoms with Crippen molar-refractivity contribution < 1.29 is 18.3 Å². The number of benzene rings is 2. The third kappa shape index (κ3) is 2.72. The topological polar surface area (TPSA) is 38.7 Å². The molecule has 2 aromatic carbocycles. The van der Waals surface area contributed by atoms with E-state index in [1.54, 1.807) is 12.1 Å². The number of ether oxygens (including phenoxy) is 1. The van der Waals surface area contributed by atoms with Gasteiger partial charge in [0.05, 0.1) is 5.56 Å². The number of cyclic esters (lactones) is 1. The summed E-state index contributed by atoms with van der Waals surface area (Å²) >= 11 is 0. The van der Waals surface area contributed by atoms with Crippen molar-refractivity contribution in [2.24, 2.45) is 4.99 Å². The Morgan fingerprint density at radius 1 is 1.05 bits per heavy atom. The molecule has 3 rings (SSSR count). The Bertz CT molecular complexity index is 781. The predicted octanol–water partition coefficient (Wildman–Crippen LogP) is 3.31. The molecule has 0 radical (unpaired) electrons. The van der Waals surface area contributed by atoms with Gasteiger partial charge in [-0.1, -0.05) is 24.3 Å². The first-order valence-electron chi connectivity index (χ1n) is 6.16. The zero-order valence-electron chi connectivity index (χ0n) is 10.7. The van der Waals surface area contributed by atoms with Gasteiger partial charge in [0.15, 0.2) is 5.70 Å². The third-order valence-corrected chi connectivity index (χ3v) is 2.88. The minimum atomic E-state index is -0.697. The van der Waals surface area contributed by atoms with Gasteiger partial charge in [0, 0.05) is 0 Å². The lowest BCUT2D eigenvalue weighted by molar-refractivity contribution is -0.129. The maximum absolute atomic E-state index is 13.6. The molecule has 0 saturated carbocycles. The first kappa shape index (κ1) is 13.2. The zero-order valence-corrected chi connectivity index (χ0v) is 10.7. The molecule has 0 atom stereocenters. The normalized spacial score (nSPS) is 16.0. The average Bonchev–Trinajstić information content (AvgIpc) is 2.80. The van der Waals surface area contributed by atoms with Crippen LogP contribution in [0.25, 0.3) is 6.08 Å². The highest BCUT2D eigenvalue weighted by Gasteiger charge is 2.25. The second-order valence-electron chi connectivity index (χ2n) is 4.37. The zero-order chi connectivity index (χ0) is 14.8. The van der Waals surface area contributed by atoms with Crippen molar-refractivity contribution in [3.8, 4) is 0 Å². The molecule has 0 fully saturated rings. The number of hydrogen-bond donors (Lipinski definition) is 0. The van der Waals surface area contributed by atoms with Gasteiger partial charge in [0.2, 0.25) is 5.90 Å². The van der Waals surface area contributed by atoms with Crippen molar-refractivity contribution in [3.63, 3.8) is 0 Å². The standard InChI is InChI=1S/C16H9F2NO2/c17-11-5-3-4-10(8-11)9-14-16(20)21-15(19-14)12-6-1-2-7-13(12)18/h1-9H/b14-9-. The van der Waals surface area contributed by atoms with Gasteiger partial charge < -0.3 is 4.74 Å². The summed E-state index contributed by atoms with van der Waals surface area (Å²) in [7, 11) is 0. The molecule has 1 aliphatic rings. The van der Waals surface area contributed by atoms with Crippen LogP contribution in [-0.2, 0) is 9.53 Å². The maximum Gasteiger partial charge on any atom is 0.363 e. The fraction of sp³-hybridized carbons (Fsp3) is 0. The van der Waals surface area contributed by atoms with Crippen LogP contribution in [0.3, 0.4) is 0 Å². The molecule has 0 bridgehead atoms. The molecular formula is C16H9F2NO2. The maximum atomic E-state index is 13.6. The number of aliphatic imine (C=N–C) groups is 1. The van der Waals surface area contributed by atoms with Gasteiger partial charge >= 0.3 is 5.97 Å². The minimum absolute atomic E-state index is 0.00106. The quantitative estimate of drug-likeness (QED) is 0.627. The first-order chi connectivity index (χ1) is 10.1. The number of carbonyl (C=O) groups is 1. The summed E-state index contributed by atoms with van der Waals surface area (Å²) in [6.07, 6.45) is 1.39. The summed E-state index contributed by atoms with van der Waals surface area (Å²) in [4.78, 5) is 15.7. The third-order valence-electron chi connectivity index (χ3n) is 2.88. The highest BCUT2D eigenvalue weighted by molar-refractivity contribution is 6.12. The van der Waals surface area contributed by atoms with Crippen LogP contribution in [-0.4, -0.2) is 11.9 Å². The second-order valence-corrected chi connectivity index (χ2v) is 4.37. The molecule has 0 aromatic heterocycles. The Balaban J connectivity index is 1.98. The van der Waals surface area contributed by atoms with Crippen molar-refractivity contribution in [3.05, 3.63) is 77.0 Å². The van der Waals surface area contributed by atoms with Crippen molar-refractivity contribution in [2.75, 3.05) is 0 Å². The van der Waals surface area contributed by atoms with Gasteiger partial charge in [-0.2, -0.15) is 0 Å². The highest BCUT2D eigenvalue weighted by Crippen LogP contribution is 2.20. The SMILES string of the molecule is O=C1OC(c2ccccc2F)=N/C1=C\c1cccc(F)c1. The lowest BCUT2D eigenvalue weighted by atomic mass is 10.2. The van der Waals surface area contributed by atoms with Crippen LogP contribution >= 0.6 is 0 Å². The molecule has 5 heteroatoms. The van der Waals surface area contributed by atoms with Gasteiger partial charge in [-0.25, -0.2) is 18.6 Å². The van der Waals surface area contributed by atoms with E-state index in [9.17, 15) is 13.6 Å². The van der Waals surface area contributed by atoms with E-state index in [-0.39, 0.29) is 17.2 Å². The van der Waals surface area contributed by atoms with Crippen LogP contribution in [0.5, 0.6) is 0 Å². The fourth-order valence-corrected chi connectivity index (χ4v) is 1.91. The van der Waals surface area contributed by atoms with E-state index in [4.69, 9.17) is 4.74 Å². The number of hydrogen-bond acceptors (Lipinski definition) is 3. The van der Waals surface area contributed by atoms with Crippen LogP contribution in [0.4, 0.5) is 8.78 Å². The van der Waals surface area contributed by atoms with Crippen molar-refractivity contribution >= 4 is 17.9 Å². The lowest BCUT2D eigenvalue weighted by Crippen LogP contribution is -2.07. The number of esters is 1. The summed E-state index contributed by atoms with van der Waals surface area (Å²) in [5.41, 5.74) is 0.577. The molecular weight excluding hydrogens is 276 g/mol. The molecule has 0 N–H and O–H groups in total. The number of halogens is 2. The Kier molecular flexibility index (Phi) is 3.31. The molecule has 0 aliphatic carbocycles. The molecule has 0 saturated heterocycles. The Labute approximate surface area is 119 Å². The van der Waals surface area contributed by atoms with E-state index in [0.717, 1.165) is 0 Å². The van der Waals surface area contributed by atoms with Crippen molar-refractivity contribution in [2.45, 2.75) is 0 Å². The fourth-order valence-electron chi connectivity index (χ4n) is 1.91. The highest BCUT2D eigenvalue weighted by atomic mass is 19.1. The first-order valence-corrected chi connectivity index (χ1v) is 6.16. The van der Waals surface area contributed by atoms with Gasteiger partial charge in [-0.05, 0) is 35.9 Å². The minimum Gasteiger partial charge on any atom is -0.402 e. The number of carbonyl (C=O) groups excluding carboxylic acids is 1. The van der Waals surface area contributed by atoms with E-state index in [1.165, 1.54) is 42.5 Å². The second kappa shape index (κ2) is 5.28. The van der Waals surface area contributed by atoms with Crippen molar-refractivity contribution in [1.29, 1.82) is 0 Å². The lowest BCUT2D eigenvalue weighted by Gasteiger charge is -1.99. The summed E-state index contributed by atoms with van der Waals surface area (Å²) in [5, 5.41) is 0. The van der Waals surface area contributed by atoms with E-state index in [0.29, 0.717) is 5.56 Å². The van der Waals surface area contributed by atoms with E-state index < -0.39 is 17.6 Å². The summed E-state index contributed by atoms with van der Waals surface area (Å²) in [6.45, 7) is 0. The Hall–Kier alpha value is -2.82. The molecule has 3 nitrogen and oxygen atoms in total. The van der Waals surface area contributed by atoms with Crippen LogP contribution in [0, 0.1) is 11.6 Å². The molecule has 0 spiro atoms. The largest absolute Gasteiger partial charge is 0.402 e. The molecule has 104 valence electrons. The van der Waals surface area contributed by atoms with Crippen molar-refractivity contribution in [1.82, 2.24) is 0 Å².